The Morgan fingerprint density at radius 3 is 2.58 bits per heavy atom. The van der Waals surface area contributed by atoms with Gasteiger partial charge in [-0.1, -0.05) is 11.6 Å². The van der Waals surface area contributed by atoms with E-state index in [1.807, 2.05) is 12.1 Å². The molecule has 4 rings (SSSR count). The molecule has 2 aliphatic heterocycles. The highest BCUT2D eigenvalue weighted by atomic mass is 35.5. The molecule has 7 nitrogen and oxygen atoms in total. The van der Waals surface area contributed by atoms with Crippen LogP contribution in [0.3, 0.4) is 0 Å². The van der Waals surface area contributed by atoms with E-state index in [9.17, 15) is 9.59 Å². The lowest BCUT2D eigenvalue weighted by molar-refractivity contribution is 0.0663. The number of carbonyl (C=O) groups excluding carboxylic acids is 1. The number of fused-ring (bicyclic) bond motifs is 1. The van der Waals surface area contributed by atoms with Crippen molar-refractivity contribution in [1.82, 2.24) is 9.88 Å². The summed E-state index contributed by atoms with van der Waals surface area (Å²) in [6.07, 6.45) is 2.86. The predicted molar refractivity (Wildman–Crippen MR) is 117 cm³/mol. The lowest BCUT2D eigenvalue weighted by Crippen LogP contribution is -2.39. The Hall–Kier alpha value is -2.38. The fourth-order valence-electron chi connectivity index (χ4n) is 4.55. The highest BCUT2D eigenvalue weighted by molar-refractivity contribution is 6.36. The topological polar surface area (TPSA) is 89.0 Å². The van der Waals surface area contributed by atoms with Crippen LogP contribution in [0.2, 0.25) is 5.02 Å². The third-order valence-electron chi connectivity index (χ3n) is 6.43. The van der Waals surface area contributed by atoms with E-state index in [-0.39, 0.29) is 11.7 Å². The fraction of sp³-hybridized carbons (Fsp3) is 0.522. The normalized spacial score (nSPS) is 18.3. The van der Waals surface area contributed by atoms with Gasteiger partial charge in [0.15, 0.2) is 5.78 Å². The van der Waals surface area contributed by atoms with Crippen LogP contribution in [0.25, 0.3) is 10.9 Å². The van der Waals surface area contributed by atoms with Gasteiger partial charge in [0.1, 0.15) is 0 Å². The lowest BCUT2D eigenvalue weighted by Gasteiger charge is -2.29. The number of carboxylic acid groups (broad SMARTS) is 1. The van der Waals surface area contributed by atoms with Crippen molar-refractivity contribution in [2.24, 2.45) is 11.8 Å². The van der Waals surface area contributed by atoms with Gasteiger partial charge in [-0.25, -0.2) is 9.78 Å². The molecule has 0 aliphatic carbocycles. The van der Waals surface area contributed by atoms with E-state index >= 15 is 0 Å². The summed E-state index contributed by atoms with van der Waals surface area (Å²) in [5.74, 6) is 0.845. The molecular formula is C23H27ClN2O5. The fourth-order valence-corrected chi connectivity index (χ4v) is 4.86. The molecule has 31 heavy (non-hydrogen) atoms. The highest BCUT2D eigenvalue weighted by Crippen LogP contribution is 2.36. The number of pyridine rings is 1. The summed E-state index contributed by atoms with van der Waals surface area (Å²) in [7, 11) is 1.60. The van der Waals surface area contributed by atoms with Crippen molar-refractivity contribution in [3.05, 3.63) is 34.3 Å². The molecule has 0 saturated carbocycles. The van der Waals surface area contributed by atoms with Crippen LogP contribution in [0.4, 0.5) is 4.79 Å². The molecule has 1 N–H and O–H groups in total. The Bertz CT molecular complexity index is 982. The highest BCUT2D eigenvalue weighted by Gasteiger charge is 2.28. The van der Waals surface area contributed by atoms with E-state index < -0.39 is 6.09 Å². The summed E-state index contributed by atoms with van der Waals surface area (Å²) in [5, 5.41) is 10.5. The van der Waals surface area contributed by atoms with Gasteiger partial charge in [-0.2, -0.15) is 0 Å². The minimum atomic E-state index is -0.930. The number of hydrogen-bond donors (Lipinski definition) is 1. The molecule has 1 aromatic heterocycles. The van der Waals surface area contributed by atoms with E-state index in [4.69, 9.17) is 26.2 Å². The average molecular weight is 447 g/mol. The second-order valence-electron chi connectivity index (χ2n) is 8.31. The maximum Gasteiger partial charge on any atom is 0.407 e. The molecule has 3 heterocycles. The molecule has 8 heteroatoms. The molecular weight excluding hydrogens is 420 g/mol. The molecule has 2 fully saturated rings. The largest absolute Gasteiger partial charge is 0.481 e. The van der Waals surface area contributed by atoms with Crippen molar-refractivity contribution < 1.29 is 24.2 Å². The van der Waals surface area contributed by atoms with E-state index in [0.29, 0.717) is 53.8 Å². The summed E-state index contributed by atoms with van der Waals surface area (Å²) in [4.78, 5) is 30.2. The molecule has 0 bridgehead atoms. The second kappa shape index (κ2) is 9.40. The number of halogens is 1. The van der Waals surface area contributed by atoms with Gasteiger partial charge in [0.2, 0.25) is 5.88 Å². The number of likely N-dealkylation sites (tertiary alicyclic amines) is 1. The summed E-state index contributed by atoms with van der Waals surface area (Å²) >= 11 is 6.83. The van der Waals surface area contributed by atoms with Crippen LogP contribution in [0.15, 0.2) is 18.2 Å². The quantitative estimate of drug-likeness (QED) is 0.683. The number of carbonyl (C=O) groups is 2. The Morgan fingerprint density at radius 2 is 1.94 bits per heavy atom. The van der Waals surface area contributed by atoms with Gasteiger partial charge in [-0.15, -0.1) is 0 Å². The van der Waals surface area contributed by atoms with Gasteiger partial charge in [0, 0.05) is 48.7 Å². The van der Waals surface area contributed by atoms with Crippen LogP contribution in [0.5, 0.6) is 5.88 Å². The van der Waals surface area contributed by atoms with Crippen LogP contribution < -0.4 is 4.74 Å². The molecule has 166 valence electrons. The minimum absolute atomic E-state index is 0.0322. The Labute approximate surface area is 186 Å². The van der Waals surface area contributed by atoms with Crippen molar-refractivity contribution in [1.29, 1.82) is 0 Å². The summed E-state index contributed by atoms with van der Waals surface area (Å²) < 4.78 is 11.0. The number of amides is 1. The zero-order valence-corrected chi connectivity index (χ0v) is 18.4. The number of nitrogens with zero attached hydrogens (tertiary/aromatic N) is 2. The second-order valence-corrected chi connectivity index (χ2v) is 8.69. The number of benzene rings is 1. The van der Waals surface area contributed by atoms with Crippen molar-refractivity contribution >= 4 is 34.4 Å². The zero-order chi connectivity index (χ0) is 22.0. The Kier molecular flexibility index (Phi) is 6.62. The van der Waals surface area contributed by atoms with Gasteiger partial charge in [0.05, 0.1) is 17.6 Å². The van der Waals surface area contributed by atoms with Crippen LogP contribution in [0, 0.1) is 11.8 Å². The van der Waals surface area contributed by atoms with Gasteiger partial charge in [-0.05, 0) is 56.2 Å². The number of ketones is 1. The van der Waals surface area contributed by atoms with Crippen LogP contribution in [-0.2, 0) is 11.2 Å². The summed E-state index contributed by atoms with van der Waals surface area (Å²) in [6.45, 7) is 2.28. The van der Waals surface area contributed by atoms with Crippen LogP contribution >= 0.6 is 11.6 Å². The molecule has 0 spiro atoms. The summed E-state index contributed by atoms with van der Waals surface area (Å²) in [6, 6.07) is 5.40. The average Bonchev–Trinajstić information content (AvgIpc) is 2.80. The first-order chi connectivity index (χ1) is 15.0. The summed E-state index contributed by atoms with van der Waals surface area (Å²) in [5.41, 5.74) is 2.16. The lowest BCUT2D eigenvalue weighted by atomic mass is 9.88. The Balaban J connectivity index is 1.61. The molecule has 0 radical (unpaired) electrons. The molecule has 0 atom stereocenters. The standard InChI is InChI=1S/C23H27ClN2O5/c1-30-22-18(12-14-6-10-31-11-7-14)20(24)17-13-16(2-3-19(17)25-22)21(27)15-4-8-26(9-5-15)23(28)29/h2-3,13-15H,4-12H2,1H3,(H,28,29). The van der Waals surface area contributed by atoms with E-state index in [2.05, 4.69) is 4.98 Å². The Morgan fingerprint density at radius 1 is 1.23 bits per heavy atom. The van der Waals surface area contributed by atoms with E-state index in [0.717, 1.165) is 43.4 Å². The van der Waals surface area contributed by atoms with Crippen molar-refractivity contribution in [3.63, 3.8) is 0 Å². The number of rotatable bonds is 5. The van der Waals surface area contributed by atoms with E-state index in [1.165, 1.54) is 4.90 Å². The number of aromatic nitrogens is 1. The van der Waals surface area contributed by atoms with Crippen LogP contribution in [0.1, 0.15) is 41.6 Å². The third-order valence-corrected chi connectivity index (χ3v) is 6.86. The first-order valence-electron chi connectivity index (χ1n) is 10.7. The van der Waals surface area contributed by atoms with E-state index in [1.54, 1.807) is 13.2 Å². The molecule has 2 aliphatic rings. The van der Waals surface area contributed by atoms with Gasteiger partial charge >= 0.3 is 6.09 Å². The smallest absolute Gasteiger partial charge is 0.407 e. The van der Waals surface area contributed by atoms with Gasteiger partial charge in [-0.3, -0.25) is 4.79 Å². The first kappa shape index (κ1) is 21.8. The number of Topliss-reactive ketones (excluding diaryl/α,β-unsaturated/α-hetero) is 1. The minimum Gasteiger partial charge on any atom is -0.481 e. The number of methoxy groups -OCH3 is 1. The number of ether oxygens (including phenoxy) is 2. The van der Waals surface area contributed by atoms with Crippen LogP contribution in [-0.4, -0.2) is 60.3 Å². The first-order valence-corrected chi connectivity index (χ1v) is 11.1. The van der Waals surface area contributed by atoms with Gasteiger partial charge < -0.3 is 19.5 Å². The predicted octanol–water partition coefficient (Wildman–Crippen LogP) is 4.44. The molecule has 2 saturated heterocycles. The molecule has 2 aromatic rings. The monoisotopic (exact) mass is 446 g/mol. The van der Waals surface area contributed by atoms with Crippen molar-refractivity contribution in [2.75, 3.05) is 33.4 Å². The zero-order valence-electron chi connectivity index (χ0n) is 17.6. The number of piperidine rings is 1. The maximum atomic E-state index is 13.1. The molecule has 0 unspecified atom stereocenters. The van der Waals surface area contributed by atoms with Crippen molar-refractivity contribution in [2.45, 2.75) is 32.1 Å². The third kappa shape index (κ3) is 4.62. The SMILES string of the molecule is COc1nc2ccc(C(=O)C3CCN(C(=O)O)CC3)cc2c(Cl)c1CC1CCOCC1. The maximum absolute atomic E-state index is 13.1. The van der Waals surface area contributed by atoms with Crippen molar-refractivity contribution in [3.8, 4) is 5.88 Å². The molecule has 1 amide bonds. The number of hydrogen-bond acceptors (Lipinski definition) is 5. The van der Waals surface area contributed by atoms with Gasteiger partial charge in [0.25, 0.3) is 0 Å². The molecule has 1 aromatic carbocycles.